The predicted molar refractivity (Wildman–Crippen MR) is 72.1 cm³/mol. The minimum absolute atomic E-state index is 0.524. The second-order valence-electron chi connectivity index (χ2n) is 5.13. The van der Waals surface area contributed by atoms with E-state index in [1.165, 1.54) is 12.8 Å². The van der Waals surface area contributed by atoms with Crippen LogP contribution in [0.25, 0.3) is 0 Å². The summed E-state index contributed by atoms with van der Waals surface area (Å²) in [4.78, 5) is 6.77. The average molecular weight is 234 g/mol. The zero-order chi connectivity index (χ0) is 12.4. The zero-order valence-electron chi connectivity index (χ0n) is 10.9. The number of nitrogens with zero attached hydrogens (tertiary/aromatic N) is 2. The molecule has 94 valence electrons. The Morgan fingerprint density at radius 3 is 2.94 bits per heavy atom. The van der Waals surface area contributed by atoms with Gasteiger partial charge in [0.1, 0.15) is 5.82 Å². The number of hydrogen-bond donors (Lipinski definition) is 2. The van der Waals surface area contributed by atoms with Crippen molar-refractivity contribution in [1.29, 1.82) is 0 Å². The quantitative estimate of drug-likeness (QED) is 0.820. The Kier molecular flexibility index (Phi) is 3.52. The lowest BCUT2D eigenvalue weighted by Gasteiger charge is -2.35. The third-order valence-electron chi connectivity index (χ3n) is 3.65. The van der Waals surface area contributed by atoms with Crippen LogP contribution in [0.3, 0.4) is 0 Å². The molecule has 0 radical (unpaired) electrons. The molecule has 1 saturated heterocycles. The molecule has 0 spiro atoms. The third kappa shape index (κ3) is 2.88. The van der Waals surface area contributed by atoms with Gasteiger partial charge in [-0.1, -0.05) is 0 Å². The first kappa shape index (κ1) is 12.2. The molecule has 1 fully saturated rings. The molecule has 17 heavy (non-hydrogen) atoms. The fourth-order valence-corrected chi connectivity index (χ4v) is 2.36. The molecular weight excluding hydrogens is 212 g/mol. The van der Waals surface area contributed by atoms with Crippen molar-refractivity contribution in [2.45, 2.75) is 38.8 Å². The summed E-state index contributed by atoms with van der Waals surface area (Å²) in [6.45, 7) is 5.47. The molecule has 1 aromatic rings. The van der Waals surface area contributed by atoms with E-state index in [0.717, 1.165) is 23.6 Å². The SMILES string of the molecule is Cc1cc(N)cnc1NC1CCN(C)C(C)C1. The molecule has 1 aromatic heterocycles. The van der Waals surface area contributed by atoms with E-state index in [-0.39, 0.29) is 0 Å². The summed E-state index contributed by atoms with van der Waals surface area (Å²) in [6.07, 6.45) is 4.06. The lowest BCUT2D eigenvalue weighted by Crippen LogP contribution is -2.42. The van der Waals surface area contributed by atoms with Crippen molar-refractivity contribution in [3.8, 4) is 0 Å². The minimum atomic E-state index is 0.524. The van der Waals surface area contributed by atoms with Crippen molar-refractivity contribution in [2.24, 2.45) is 0 Å². The van der Waals surface area contributed by atoms with Gasteiger partial charge in [0.2, 0.25) is 0 Å². The maximum absolute atomic E-state index is 5.70. The maximum atomic E-state index is 5.70. The van der Waals surface area contributed by atoms with Crippen LogP contribution in [0.5, 0.6) is 0 Å². The van der Waals surface area contributed by atoms with Crippen molar-refractivity contribution in [3.05, 3.63) is 17.8 Å². The Hall–Kier alpha value is -1.29. The molecule has 2 atom stereocenters. The van der Waals surface area contributed by atoms with Crippen LogP contribution in [-0.2, 0) is 0 Å². The molecule has 1 aliphatic heterocycles. The van der Waals surface area contributed by atoms with Crippen molar-refractivity contribution < 1.29 is 0 Å². The van der Waals surface area contributed by atoms with Gasteiger partial charge in [0.25, 0.3) is 0 Å². The van der Waals surface area contributed by atoms with Crippen LogP contribution in [-0.4, -0.2) is 35.6 Å². The number of aryl methyl sites for hydroxylation is 1. The van der Waals surface area contributed by atoms with Gasteiger partial charge in [-0.15, -0.1) is 0 Å². The van der Waals surface area contributed by atoms with Crippen molar-refractivity contribution in [3.63, 3.8) is 0 Å². The van der Waals surface area contributed by atoms with Gasteiger partial charge < -0.3 is 16.0 Å². The number of nitrogens with one attached hydrogen (secondary N) is 1. The first-order valence-electron chi connectivity index (χ1n) is 6.25. The van der Waals surface area contributed by atoms with Gasteiger partial charge in [0, 0.05) is 18.6 Å². The molecule has 3 N–H and O–H groups in total. The van der Waals surface area contributed by atoms with Gasteiger partial charge in [-0.25, -0.2) is 4.98 Å². The van der Waals surface area contributed by atoms with Crippen molar-refractivity contribution in [2.75, 3.05) is 24.6 Å². The van der Waals surface area contributed by atoms with E-state index in [4.69, 9.17) is 5.73 Å². The van der Waals surface area contributed by atoms with Gasteiger partial charge in [-0.05, 0) is 45.4 Å². The zero-order valence-corrected chi connectivity index (χ0v) is 10.9. The number of rotatable bonds is 2. The number of anilines is 2. The van der Waals surface area contributed by atoms with E-state index in [9.17, 15) is 0 Å². The van der Waals surface area contributed by atoms with Gasteiger partial charge in [0.05, 0.1) is 11.9 Å². The van der Waals surface area contributed by atoms with Crippen LogP contribution < -0.4 is 11.1 Å². The number of pyridine rings is 1. The third-order valence-corrected chi connectivity index (χ3v) is 3.65. The summed E-state index contributed by atoms with van der Waals surface area (Å²) < 4.78 is 0. The first-order valence-corrected chi connectivity index (χ1v) is 6.25. The summed E-state index contributed by atoms with van der Waals surface area (Å²) >= 11 is 0. The highest BCUT2D eigenvalue weighted by Crippen LogP contribution is 2.21. The summed E-state index contributed by atoms with van der Waals surface area (Å²) in [7, 11) is 2.19. The lowest BCUT2D eigenvalue weighted by atomic mass is 9.99. The standard InChI is InChI=1S/C13H22N4/c1-9-6-11(14)8-15-13(9)16-12-4-5-17(3)10(2)7-12/h6,8,10,12H,4-5,7,14H2,1-3H3,(H,15,16). The molecule has 0 bridgehead atoms. The lowest BCUT2D eigenvalue weighted by molar-refractivity contribution is 0.190. The first-order chi connectivity index (χ1) is 8.06. The van der Waals surface area contributed by atoms with E-state index in [1.54, 1.807) is 6.20 Å². The highest BCUT2D eigenvalue weighted by molar-refractivity contribution is 5.51. The van der Waals surface area contributed by atoms with E-state index < -0.39 is 0 Å². The van der Waals surface area contributed by atoms with E-state index in [0.29, 0.717) is 12.1 Å². The van der Waals surface area contributed by atoms with Crippen LogP contribution in [0.4, 0.5) is 11.5 Å². The molecule has 2 rings (SSSR count). The van der Waals surface area contributed by atoms with Gasteiger partial charge in [0.15, 0.2) is 0 Å². The van der Waals surface area contributed by atoms with Crippen LogP contribution in [0.15, 0.2) is 12.3 Å². The molecule has 2 unspecified atom stereocenters. The number of nitrogen functional groups attached to an aromatic ring is 1. The van der Waals surface area contributed by atoms with Gasteiger partial charge >= 0.3 is 0 Å². The second kappa shape index (κ2) is 4.92. The Morgan fingerprint density at radius 2 is 2.29 bits per heavy atom. The highest BCUT2D eigenvalue weighted by Gasteiger charge is 2.23. The minimum Gasteiger partial charge on any atom is -0.397 e. The Morgan fingerprint density at radius 1 is 1.53 bits per heavy atom. The van der Waals surface area contributed by atoms with Gasteiger partial charge in [-0.3, -0.25) is 0 Å². The number of aromatic nitrogens is 1. The fraction of sp³-hybridized carbons (Fsp3) is 0.615. The van der Waals surface area contributed by atoms with E-state index >= 15 is 0 Å². The highest BCUT2D eigenvalue weighted by atomic mass is 15.2. The Balaban J connectivity index is 2.01. The number of nitrogens with two attached hydrogens (primary N) is 1. The maximum Gasteiger partial charge on any atom is 0.129 e. The fourth-order valence-electron chi connectivity index (χ4n) is 2.36. The monoisotopic (exact) mass is 234 g/mol. The number of piperidine rings is 1. The van der Waals surface area contributed by atoms with Crippen LogP contribution in [0.2, 0.25) is 0 Å². The molecule has 4 heteroatoms. The van der Waals surface area contributed by atoms with Crippen LogP contribution in [0, 0.1) is 6.92 Å². The molecule has 4 nitrogen and oxygen atoms in total. The summed E-state index contributed by atoms with van der Waals surface area (Å²) in [6, 6.07) is 3.12. The summed E-state index contributed by atoms with van der Waals surface area (Å²) in [5.41, 5.74) is 7.55. The molecule has 0 aromatic carbocycles. The number of hydrogen-bond acceptors (Lipinski definition) is 4. The predicted octanol–water partition coefficient (Wildman–Crippen LogP) is 1.87. The van der Waals surface area contributed by atoms with Crippen LogP contribution >= 0.6 is 0 Å². The molecule has 0 amide bonds. The molecule has 0 saturated carbocycles. The smallest absolute Gasteiger partial charge is 0.129 e. The van der Waals surface area contributed by atoms with E-state index in [2.05, 4.69) is 29.2 Å². The molecule has 1 aliphatic rings. The number of likely N-dealkylation sites (tertiary alicyclic amines) is 1. The average Bonchev–Trinajstić information content (AvgIpc) is 2.27. The van der Waals surface area contributed by atoms with Crippen molar-refractivity contribution >= 4 is 11.5 Å². The summed E-state index contributed by atoms with van der Waals surface area (Å²) in [5, 5.41) is 3.53. The molecular formula is C13H22N4. The summed E-state index contributed by atoms with van der Waals surface area (Å²) in [5.74, 6) is 0.973. The van der Waals surface area contributed by atoms with Crippen LogP contribution in [0.1, 0.15) is 25.3 Å². The Labute approximate surface area is 103 Å². The Bertz CT molecular complexity index is 391. The van der Waals surface area contributed by atoms with E-state index in [1.807, 2.05) is 13.0 Å². The molecule has 2 heterocycles. The normalized spacial score (nSPS) is 25.8. The topological polar surface area (TPSA) is 54.2 Å². The van der Waals surface area contributed by atoms with Gasteiger partial charge in [-0.2, -0.15) is 0 Å². The largest absolute Gasteiger partial charge is 0.397 e. The second-order valence-corrected chi connectivity index (χ2v) is 5.13. The molecule has 0 aliphatic carbocycles. The van der Waals surface area contributed by atoms with Crippen molar-refractivity contribution in [1.82, 2.24) is 9.88 Å².